The summed E-state index contributed by atoms with van der Waals surface area (Å²) in [6, 6.07) is 4.09. The van der Waals surface area contributed by atoms with E-state index in [1.54, 1.807) is 0 Å². The SMILES string of the molecule is CC1(C)OB(c2ccc(C3COC3)cn2)OC1(C)C. The second-order valence-corrected chi connectivity index (χ2v) is 6.34. The van der Waals surface area contributed by atoms with Crippen molar-refractivity contribution < 1.29 is 14.0 Å². The standard InChI is InChI=1S/C14H20BNO3/c1-13(2)14(3,4)19-15(18-13)12-6-5-10(7-16-12)11-8-17-9-11/h5-7,11H,8-9H2,1-4H3. The Morgan fingerprint density at radius 2 is 1.74 bits per heavy atom. The highest BCUT2D eigenvalue weighted by Crippen LogP contribution is 2.36. The Morgan fingerprint density at radius 3 is 2.16 bits per heavy atom. The highest BCUT2D eigenvalue weighted by molar-refractivity contribution is 6.61. The van der Waals surface area contributed by atoms with Crippen LogP contribution in [0.2, 0.25) is 0 Å². The monoisotopic (exact) mass is 261 g/mol. The van der Waals surface area contributed by atoms with E-state index in [1.165, 1.54) is 5.56 Å². The summed E-state index contributed by atoms with van der Waals surface area (Å²) in [5.74, 6) is 0.500. The van der Waals surface area contributed by atoms with Crippen LogP contribution in [0.4, 0.5) is 0 Å². The summed E-state index contributed by atoms with van der Waals surface area (Å²) in [4.78, 5) is 4.49. The molecule has 2 saturated heterocycles. The molecular weight excluding hydrogens is 241 g/mol. The third kappa shape index (κ3) is 2.20. The molecular formula is C14H20BNO3. The number of rotatable bonds is 2. The molecule has 0 atom stereocenters. The van der Waals surface area contributed by atoms with Crippen molar-refractivity contribution in [1.82, 2.24) is 4.98 Å². The van der Waals surface area contributed by atoms with Gasteiger partial charge in [0.1, 0.15) is 0 Å². The van der Waals surface area contributed by atoms with Gasteiger partial charge in [0.15, 0.2) is 0 Å². The van der Waals surface area contributed by atoms with E-state index in [0.717, 1.165) is 18.8 Å². The Hall–Kier alpha value is -0.905. The molecule has 102 valence electrons. The third-order valence-corrected chi connectivity index (χ3v) is 4.41. The van der Waals surface area contributed by atoms with Gasteiger partial charge in [-0.2, -0.15) is 0 Å². The zero-order chi connectivity index (χ0) is 13.7. The van der Waals surface area contributed by atoms with Crippen molar-refractivity contribution in [3.63, 3.8) is 0 Å². The molecule has 5 heteroatoms. The predicted octanol–water partition coefficient (Wildman–Crippen LogP) is 1.49. The fraction of sp³-hybridized carbons (Fsp3) is 0.643. The first kappa shape index (κ1) is 13.1. The molecule has 1 aromatic heterocycles. The van der Waals surface area contributed by atoms with Gasteiger partial charge in [0, 0.05) is 12.1 Å². The van der Waals surface area contributed by atoms with Crippen LogP contribution in [0.5, 0.6) is 0 Å². The van der Waals surface area contributed by atoms with E-state index in [1.807, 2.05) is 40.0 Å². The van der Waals surface area contributed by atoms with E-state index < -0.39 is 0 Å². The number of ether oxygens (including phenoxy) is 1. The molecule has 0 amide bonds. The van der Waals surface area contributed by atoms with E-state index in [9.17, 15) is 0 Å². The summed E-state index contributed by atoms with van der Waals surface area (Å²) >= 11 is 0. The smallest absolute Gasteiger partial charge is 0.398 e. The van der Waals surface area contributed by atoms with Gasteiger partial charge >= 0.3 is 7.12 Å². The highest BCUT2D eigenvalue weighted by atomic mass is 16.7. The highest BCUT2D eigenvalue weighted by Gasteiger charge is 2.52. The van der Waals surface area contributed by atoms with Gasteiger partial charge in [0.25, 0.3) is 0 Å². The summed E-state index contributed by atoms with van der Waals surface area (Å²) in [6.45, 7) is 9.80. The van der Waals surface area contributed by atoms with Gasteiger partial charge in [0.05, 0.1) is 30.0 Å². The van der Waals surface area contributed by atoms with Gasteiger partial charge in [-0.1, -0.05) is 6.07 Å². The van der Waals surface area contributed by atoms with Crippen molar-refractivity contribution in [3.8, 4) is 0 Å². The minimum atomic E-state index is -0.378. The minimum absolute atomic E-state index is 0.320. The van der Waals surface area contributed by atoms with E-state index >= 15 is 0 Å². The molecule has 4 nitrogen and oxygen atoms in total. The van der Waals surface area contributed by atoms with Gasteiger partial charge in [-0.25, -0.2) is 0 Å². The maximum Gasteiger partial charge on any atom is 0.514 e. The van der Waals surface area contributed by atoms with Crippen molar-refractivity contribution in [2.75, 3.05) is 13.2 Å². The average Bonchev–Trinajstić information content (AvgIpc) is 2.47. The van der Waals surface area contributed by atoms with Crippen LogP contribution in [-0.2, 0) is 14.0 Å². The zero-order valence-electron chi connectivity index (χ0n) is 12.0. The lowest BCUT2D eigenvalue weighted by atomic mass is 9.83. The van der Waals surface area contributed by atoms with Gasteiger partial charge in [0.2, 0.25) is 0 Å². The lowest BCUT2D eigenvalue weighted by molar-refractivity contribution is 0.00578. The fourth-order valence-corrected chi connectivity index (χ4v) is 2.19. The maximum absolute atomic E-state index is 5.98. The van der Waals surface area contributed by atoms with Gasteiger partial charge < -0.3 is 14.0 Å². The van der Waals surface area contributed by atoms with Crippen LogP contribution in [0.1, 0.15) is 39.2 Å². The van der Waals surface area contributed by atoms with E-state index in [2.05, 4.69) is 11.1 Å². The van der Waals surface area contributed by atoms with Crippen molar-refractivity contribution in [2.45, 2.75) is 44.8 Å². The van der Waals surface area contributed by atoms with Crippen molar-refractivity contribution in [3.05, 3.63) is 23.9 Å². The van der Waals surface area contributed by atoms with Crippen LogP contribution in [-0.4, -0.2) is 36.5 Å². The zero-order valence-corrected chi connectivity index (χ0v) is 12.0. The first-order valence-corrected chi connectivity index (χ1v) is 6.78. The summed E-state index contributed by atoms with van der Waals surface area (Å²) < 4.78 is 17.2. The largest absolute Gasteiger partial charge is 0.514 e. The molecule has 0 N–H and O–H groups in total. The maximum atomic E-state index is 5.98. The minimum Gasteiger partial charge on any atom is -0.398 e. The number of pyridine rings is 1. The molecule has 2 fully saturated rings. The molecule has 1 aromatic rings. The van der Waals surface area contributed by atoms with Crippen LogP contribution in [0.15, 0.2) is 18.3 Å². The van der Waals surface area contributed by atoms with Gasteiger partial charge in [-0.3, -0.25) is 4.98 Å². The number of nitrogens with zero attached hydrogens (tertiary/aromatic N) is 1. The normalized spacial score (nSPS) is 25.4. The van der Waals surface area contributed by atoms with Crippen LogP contribution in [0, 0.1) is 0 Å². The molecule has 0 bridgehead atoms. The molecule has 0 unspecified atom stereocenters. The lowest BCUT2D eigenvalue weighted by Gasteiger charge is -2.32. The summed E-state index contributed by atoms with van der Waals surface area (Å²) in [7, 11) is -0.378. The Kier molecular flexibility index (Phi) is 2.96. The van der Waals surface area contributed by atoms with E-state index in [-0.39, 0.29) is 18.3 Å². The second-order valence-electron chi connectivity index (χ2n) is 6.34. The van der Waals surface area contributed by atoms with E-state index in [4.69, 9.17) is 14.0 Å². The molecule has 3 rings (SSSR count). The quantitative estimate of drug-likeness (QED) is 0.756. The van der Waals surface area contributed by atoms with Gasteiger partial charge in [-0.05, 0) is 39.3 Å². The van der Waals surface area contributed by atoms with E-state index in [0.29, 0.717) is 5.92 Å². The topological polar surface area (TPSA) is 40.6 Å². The first-order valence-electron chi connectivity index (χ1n) is 6.78. The molecule has 0 spiro atoms. The Balaban J connectivity index is 1.76. The molecule has 0 radical (unpaired) electrons. The summed E-state index contributed by atoms with van der Waals surface area (Å²) in [5, 5.41) is 0. The summed E-state index contributed by atoms with van der Waals surface area (Å²) in [5.41, 5.74) is 1.42. The second kappa shape index (κ2) is 4.30. The van der Waals surface area contributed by atoms with Crippen LogP contribution in [0.3, 0.4) is 0 Å². The molecule has 2 aliphatic heterocycles. The lowest BCUT2D eigenvalue weighted by Crippen LogP contribution is -2.41. The summed E-state index contributed by atoms with van der Waals surface area (Å²) in [6.07, 6.45) is 1.91. The number of hydrogen-bond donors (Lipinski definition) is 0. The third-order valence-electron chi connectivity index (χ3n) is 4.41. The fourth-order valence-electron chi connectivity index (χ4n) is 2.19. The molecule has 19 heavy (non-hydrogen) atoms. The average molecular weight is 261 g/mol. The molecule has 0 aliphatic carbocycles. The Morgan fingerprint density at radius 1 is 1.11 bits per heavy atom. The number of aromatic nitrogens is 1. The molecule has 3 heterocycles. The van der Waals surface area contributed by atoms with Crippen LogP contribution < -0.4 is 5.59 Å². The first-order chi connectivity index (χ1) is 8.89. The predicted molar refractivity (Wildman–Crippen MR) is 73.5 cm³/mol. The van der Waals surface area contributed by atoms with Crippen LogP contribution >= 0.6 is 0 Å². The molecule has 0 aromatic carbocycles. The van der Waals surface area contributed by atoms with Crippen molar-refractivity contribution >= 4 is 12.7 Å². The molecule has 0 saturated carbocycles. The number of hydrogen-bond acceptors (Lipinski definition) is 4. The Labute approximate surface area is 114 Å². The van der Waals surface area contributed by atoms with Gasteiger partial charge in [-0.15, -0.1) is 0 Å². The Bertz CT molecular complexity index is 452. The van der Waals surface area contributed by atoms with Crippen molar-refractivity contribution in [1.29, 1.82) is 0 Å². The molecule has 2 aliphatic rings. The van der Waals surface area contributed by atoms with Crippen LogP contribution in [0.25, 0.3) is 0 Å². The van der Waals surface area contributed by atoms with Crippen molar-refractivity contribution in [2.24, 2.45) is 0 Å².